The van der Waals surface area contributed by atoms with Gasteiger partial charge in [-0.1, -0.05) is 6.92 Å². The van der Waals surface area contributed by atoms with Crippen molar-refractivity contribution in [3.05, 3.63) is 35.4 Å². The molecule has 2 atom stereocenters. The van der Waals surface area contributed by atoms with Crippen LogP contribution < -0.4 is 5.73 Å². The van der Waals surface area contributed by atoms with Crippen molar-refractivity contribution in [3.8, 4) is 6.07 Å². The zero-order valence-electron chi connectivity index (χ0n) is 11.2. The summed E-state index contributed by atoms with van der Waals surface area (Å²) in [5, 5.41) is 8.76. The molecule has 1 aromatic carbocycles. The second kappa shape index (κ2) is 5.85. The molecule has 100 valence electrons. The number of hydrogen-bond acceptors (Lipinski definition) is 3. The summed E-state index contributed by atoms with van der Waals surface area (Å²) >= 11 is 0. The van der Waals surface area contributed by atoms with Crippen LogP contribution in [0.4, 0.5) is 0 Å². The molecular formula is C15H19N3O. The Morgan fingerprint density at radius 3 is 2.74 bits per heavy atom. The number of likely N-dealkylation sites (tertiary alicyclic amines) is 1. The number of benzene rings is 1. The van der Waals surface area contributed by atoms with Gasteiger partial charge >= 0.3 is 0 Å². The normalized spacial score (nSPS) is 22.9. The van der Waals surface area contributed by atoms with Gasteiger partial charge in [0.05, 0.1) is 11.6 Å². The Morgan fingerprint density at radius 1 is 1.47 bits per heavy atom. The first-order chi connectivity index (χ1) is 9.15. The van der Waals surface area contributed by atoms with Gasteiger partial charge in [-0.3, -0.25) is 4.79 Å². The zero-order valence-corrected chi connectivity index (χ0v) is 11.2. The second-order valence-electron chi connectivity index (χ2n) is 5.21. The van der Waals surface area contributed by atoms with Crippen molar-refractivity contribution in [2.45, 2.75) is 25.8 Å². The van der Waals surface area contributed by atoms with E-state index in [9.17, 15) is 4.79 Å². The molecule has 0 bridgehead atoms. The van der Waals surface area contributed by atoms with Crippen molar-refractivity contribution in [1.82, 2.24) is 4.90 Å². The molecule has 0 spiro atoms. The van der Waals surface area contributed by atoms with Gasteiger partial charge in [-0.25, -0.2) is 0 Å². The van der Waals surface area contributed by atoms with Gasteiger partial charge in [0.1, 0.15) is 0 Å². The Labute approximate surface area is 113 Å². The van der Waals surface area contributed by atoms with Gasteiger partial charge in [-0.2, -0.15) is 5.26 Å². The Bertz CT molecular complexity index is 489. The van der Waals surface area contributed by atoms with Crippen LogP contribution in [0, 0.1) is 17.2 Å². The molecule has 1 saturated heterocycles. The van der Waals surface area contributed by atoms with Crippen LogP contribution in [0.3, 0.4) is 0 Å². The molecule has 2 unspecified atom stereocenters. The number of nitrogens with two attached hydrogens (primary N) is 1. The van der Waals surface area contributed by atoms with E-state index in [4.69, 9.17) is 11.0 Å². The Hall–Kier alpha value is -1.86. The summed E-state index contributed by atoms with van der Waals surface area (Å²) in [5.74, 6) is 0.644. The van der Waals surface area contributed by atoms with E-state index in [1.807, 2.05) is 4.90 Å². The van der Waals surface area contributed by atoms with Crippen molar-refractivity contribution in [1.29, 1.82) is 5.26 Å². The quantitative estimate of drug-likeness (QED) is 0.877. The van der Waals surface area contributed by atoms with Crippen LogP contribution in [0.25, 0.3) is 0 Å². The number of piperidine rings is 1. The molecule has 2 rings (SSSR count). The highest BCUT2D eigenvalue weighted by molar-refractivity contribution is 5.94. The van der Waals surface area contributed by atoms with E-state index in [0.29, 0.717) is 23.6 Å². The SMILES string of the molecule is CC1CCN(C(=O)c2ccc(C#N)cc2)C(CN)C1. The Kier molecular flexibility index (Phi) is 4.18. The molecule has 19 heavy (non-hydrogen) atoms. The van der Waals surface area contributed by atoms with Crippen LogP contribution in [0.1, 0.15) is 35.7 Å². The fraction of sp³-hybridized carbons (Fsp3) is 0.467. The van der Waals surface area contributed by atoms with Gasteiger partial charge in [0, 0.05) is 24.7 Å². The molecule has 1 heterocycles. The maximum Gasteiger partial charge on any atom is 0.254 e. The molecule has 2 N–H and O–H groups in total. The van der Waals surface area contributed by atoms with Crippen LogP contribution in [-0.2, 0) is 0 Å². The third kappa shape index (κ3) is 2.94. The van der Waals surface area contributed by atoms with Gasteiger partial charge in [0.25, 0.3) is 5.91 Å². The van der Waals surface area contributed by atoms with E-state index in [0.717, 1.165) is 19.4 Å². The summed E-state index contributed by atoms with van der Waals surface area (Å²) in [4.78, 5) is 14.3. The molecule has 0 aromatic heterocycles. The third-order valence-corrected chi connectivity index (χ3v) is 3.77. The summed E-state index contributed by atoms with van der Waals surface area (Å²) in [6.07, 6.45) is 2.00. The van der Waals surface area contributed by atoms with Crippen molar-refractivity contribution < 1.29 is 4.79 Å². The lowest BCUT2D eigenvalue weighted by molar-refractivity contribution is 0.0573. The van der Waals surface area contributed by atoms with E-state index < -0.39 is 0 Å². The number of carbonyl (C=O) groups is 1. The van der Waals surface area contributed by atoms with Crippen LogP contribution in [0.5, 0.6) is 0 Å². The van der Waals surface area contributed by atoms with Gasteiger partial charge in [-0.15, -0.1) is 0 Å². The highest BCUT2D eigenvalue weighted by Gasteiger charge is 2.29. The first-order valence-corrected chi connectivity index (χ1v) is 6.67. The Morgan fingerprint density at radius 2 is 2.16 bits per heavy atom. The van der Waals surface area contributed by atoms with E-state index in [-0.39, 0.29) is 11.9 Å². The van der Waals surface area contributed by atoms with Gasteiger partial charge < -0.3 is 10.6 Å². The first-order valence-electron chi connectivity index (χ1n) is 6.67. The molecule has 1 aliphatic rings. The molecule has 1 aromatic rings. The molecular weight excluding hydrogens is 238 g/mol. The largest absolute Gasteiger partial charge is 0.334 e. The molecule has 1 amide bonds. The minimum Gasteiger partial charge on any atom is -0.334 e. The number of amides is 1. The van der Waals surface area contributed by atoms with Crippen LogP contribution in [0.15, 0.2) is 24.3 Å². The smallest absolute Gasteiger partial charge is 0.254 e. The van der Waals surface area contributed by atoms with Crippen LogP contribution in [-0.4, -0.2) is 29.9 Å². The minimum absolute atomic E-state index is 0.0202. The number of nitrogens with zero attached hydrogens (tertiary/aromatic N) is 2. The first kappa shape index (κ1) is 13.6. The lowest BCUT2D eigenvalue weighted by Crippen LogP contribution is -2.49. The van der Waals surface area contributed by atoms with E-state index in [2.05, 4.69) is 13.0 Å². The van der Waals surface area contributed by atoms with E-state index in [1.165, 1.54) is 0 Å². The van der Waals surface area contributed by atoms with Crippen molar-refractivity contribution >= 4 is 5.91 Å². The second-order valence-corrected chi connectivity index (χ2v) is 5.21. The van der Waals surface area contributed by atoms with E-state index in [1.54, 1.807) is 24.3 Å². The summed E-state index contributed by atoms with van der Waals surface area (Å²) in [5.41, 5.74) is 6.98. The molecule has 4 nitrogen and oxygen atoms in total. The monoisotopic (exact) mass is 257 g/mol. The maximum absolute atomic E-state index is 12.5. The number of carbonyl (C=O) groups excluding carboxylic acids is 1. The lowest BCUT2D eigenvalue weighted by Gasteiger charge is -2.38. The molecule has 0 saturated carbocycles. The summed E-state index contributed by atoms with van der Waals surface area (Å²) in [6, 6.07) is 8.97. The molecule has 0 radical (unpaired) electrons. The lowest BCUT2D eigenvalue weighted by atomic mass is 9.92. The summed E-state index contributed by atoms with van der Waals surface area (Å²) in [6.45, 7) is 3.47. The van der Waals surface area contributed by atoms with Gasteiger partial charge in [-0.05, 0) is 43.0 Å². The van der Waals surface area contributed by atoms with Gasteiger partial charge in [0.2, 0.25) is 0 Å². The molecule has 0 aliphatic carbocycles. The van der Waals surface area contributed by atoms with E-state index >= 15 is 0 Å². The van der Waals surface area contributed by atoms with Crippen molar-refractivity contribution in [2.24, 2.45) is 11.7 Å². The fourth-order valence-corrected chi connectivity index (χ4v) is 2.60. The van der Waals surface area contributed by atoms with Crippen molar-refractivity contribution in [3.63, 3.8) is 0 Å². The number of hydrogen-bond donors (Lipinski definition) is 1. The molecule has 1 fully saturated rings. The Balaban J connectivity index is 2.15. The van der Waals surface area contributed by atoms with Gasteiger partial charge in [0.15, 0.2) is 0 Å². The predicted molar refractivity (Wildman–Crippen MR) is 73.4 cm³/mol. The standard InChI is InChI=1S/C15H19N3O/c1-11-6-7-18(14(8-11)10-17)15(19)13-4-2-12(9-16)3-5-13/h2-5,11,14H,6-8,10,17H2,1H3. The zero-order chi connectivity index (χ0) is 13.8. The fourth-order valence-electron chi connectivity index (χ4n) is 2.60. The minimum atomic E-state index is 0.0202. The molecule has 4 heteroatoms. The summed E-state index contributed by atoms with van der Waals surface area (Å²) in [7, 11) is 0. The highest BCUT2D eigenvalue weighted by atomic mass is 16.2. The molecule has 1 aliphatic heterocycles. The third-order valence-electron chi connectivity index (χ3n) is 3.77. The van der Waals surface area contributed by atoms with Crippen LogP contribution in [0.2, 0.25) is 0 Å². The van der Waals surface area contributed by atoms with Crippen LogP contribution >= 0.6 is 0 Å². The number of rotatable bonds is 2. The van der Waals surface area contributed by atoms with Crippen molar-refractivity contribution in [2.75, 3.05) is 13.1 Å². The average Bonchev–Trinajstić information content (AvgIpc) is 2.46. The number of nitriles is 1. The predicted octanol–water partition coefficient (Wildman–Crippen LogP) is 1.76. The topological polar surface area (TPSA) is 70.1 Å². The summed E-state index contributed by atoms with van der Waals surface area (Å²) < 4.78 is 0. The highest BCUT2D eigenvalue weighted by Crippen LogP contribution is 2.23. The maximum atomic E-state index is 12.5. The average molecular weight is 257 g/mol.